The molecule has 0 bridgehead atoms. The van der Waals surface area contributed by atoms with E-state index in [-0.39, 0.29) is 29.9 Å². The fourth-order valence-corrected chi connectivity index (χ4v) is 5.13. The zero-order valence-electron chi connectivity index (χ0n) is 19.6. The Hall–Kier alpha value is -3.10. The maximum Gasteiger partial charge on any atom is 0.254 e. The predicted molar refractivity (Wildman–Crippen MR) is 125 cm³/mol. The number of methoxy groups -OCH3 is 1. The van der Waals surface area contributed by atoms with E-state index in [4.69, 9.17) is 18.9 Å². The van der Waals surface area contributed by atoms with Crippen LogP contribution in [0.3, 0.4) is 0 Å². The van der Waals surface area contributed by atoms with E-state index < -0.39 is 0 Å². The Balaban J connectivity index is 1.47. The number of rotatable bonds is 8. The summed E-state index contributed by atoms with van der Waals surface area (Å²) in [7, 11) is 3.21. The SMILES string of the molecule is CNC(=O)c1cc(C(=O)NC2[C@H]3COC[C@@H]23)cc2c1O[C@@H](C)[C@@H]2c1cccc(OCCOC)c1. The Bertz CT molecular complexity index is 1090. The van der Waals surface area contributed by atoms with Gasteiger partial charge in [-0.2, -0.15) is 0 Å². The van der Waals surface area contributed by atoms with Crippen molar-refractivity contribution in [2.75, 3.05) is 40.6 Å². The van der Waals surface area contributed by atoms with Gasteiger partial charge in [-0.1, -0.05) is 12.1 Å². The number of nitrogens with one attached hydrogen (secondary N) is 2. The van der Waals surface area contributed by atoms with Gasteiger partial charge in [0.2, 0.25) is 0 Å². The van der Waals surface area contributed by atoms with Crippen molar-refractivity contribution < 1.29 is 28.5 Å². The monoisotopic (exact) mass is 466 g/mol. The lowest BCUT2D eigenvalue weighted by atomic mass is 9.86. The van der Waals surface area contributed by atoms with Crippen molar-refractivity contribution in [3.63, 3.8) is 0 Å². The number of hydrogen-bond acceptors (Lipinski definition) is 6. The van der Waals surface area contributed by atoms with Crippen LogP contribution in [0, 0.1) is 11.8 Å². The topological polar surface area (TPSA) is 95.1 Å². The summed E-state index contributed by atoms with van der Waals surface area (Å²) in [5, 5.41) is 5.80. The Morgan fingerprint density at radius 3 is 2.62 bits per heavy atom. The van der Waals surface area contributed by atoms with Crippen LogP contribution in [-0.2, 0) is 9.47 Å². The Morgan fingerprint density at radius 1 is 1.09 bits per heavy atom. The van der Waals surface area contributed by atoms with Gasteiger partial charge >= 0.3 is 0 Å². The largest absolute Gasteiger partial charge is 0.491 e. The van der Waals surface area contributed by atoms with E-state index in [2.05, 4.69) is 10.6 Å². The molecule has 2 heterocycles. The van der Waals surface area contributed by atoms with Crippen molar-refractivity contribution in [3.05, 3.63) is 58.7 Å². The van der Waals surface area contributed by atoms with Gasteiger partial charge in [-0.3, -0.25) is 9.59 Å². The van der Waals surface area contributed by atoms with E-state index in [1.165, 1.54) is 0 Å². The van der Waals surface area contributed by atoms with Crippen LogP contribution in [0.2, 0.25) is 0 Å². The first-order valence-corrected chi connectivity index (χ1v) is 11.7. The number of carbonyl (C=O) groups is 2. The van der Waals surface area contributed by atoms with Crippen molar-refractivity contribution in [1.82, 2.24) is 10.6 Å². The Kier molecular flexibility index (Phi) is 6.18. The maximum atomic E-state index is 13.2. The van der Waals surface area contributed by atoms with Crippen LogP contribution >= 0.6 is 0 Å². The minimum atomic E-state index is -0.285. The zero-order chi connectivity index (χ0) is 23.8. The summed E-state index contributed by atoms with van der Waals surface area (Å²) in [4.78, 5) is 25.9. The number of amides is 2. The smallest absolute Gasteiger partial charge is 0.254 e. The van der Waals surface area contributed by atoms with Crippen LogP contribution in [0.5, 0.6) is 11.5 Å². The molecule has 0 radical (unpaired) electrons. The van der Waals surface area contributed by atoms with Gasteiger partial charge in [-0.05, 0) is 36.8 Å². The highest BCUT2D eigenvalue weighted by atomic mass is 16.5. The Morgan fingerprint density at radius 2 is 1.88 bits per heavy atom. The van der Waals surface area contributed by atoms with E-state index in [9.17, 15) is 9.59 Å². The van der Waals surface area contributed by atoms with Gasteiger partial charge < -0.3 is 29.6 Å². The second-order valence-corrected chi connectivity index (χ2v) is 9.10. The summed E-state index contributed by atoms with van der Waals surface area (Å²) in [6.45, 7) is 4.31. The molecule has 0 spiro atoms. The third kappa shape index (κ3) is 4.12. The highest BCUT2D eigenvalue weighted by Crippen LogP contribution is 2.46. The van der Waals surface area contributed by atoms with Gasteiger partial charge in [0.25, 0.3) is 11.8 Å². The third-order valence-corrected chi connectivity index (χ3v) is 6.98. The van der Waals surface area contributed by atoms with Gasteiger partial charge in [-0.25, -0.2) is 0 Å². The van der Waals surface area contributed by atoms with Gasteiger partial charge in [0.05, 0.1) is 25.4 Å². The van der Waals surface area contributed by atoms with Crippen molar-refractivity contribution in [2.24, 2.45) is 11.8 Å². The van der Waals surface area contributed by atoms with Crippen LogP contribution in [0.1, 0.15) is 44.7 Å². The van der Waals surface area contributed by atoms with E-state index in [1.807, 2.05) is 37.3 Å². The molecule has 8 heteroatoms. The number of hydrogen-bond donors (Lipinski definition) is 2. The summed E-state index contributed by atoms with van der Waals surface area (Å²) in [5.74, 6) is 1.44. The van der Waals surface area contributed by atoms with Crippen molar-refractivity contribution in [2.45, 2.75) is 25.0 Å². The molecule has 3 aliphatic rings. The first-order chi connectivity index (χ1) is 16.5. The molecule has 8 nitrogen and oxygen atoms in total. The fourth-order valence-electron chi connectivity index (χ4n) is 5.13. The second-order valence-electron chi connectivity index (χ2n) is 9.10. The standard InChI is InChI=1S/C26H30N2O6/c1-14-22(15-5-4-6-17(9-15)33-8-7-31-3)18-10-16(11-19(24(18)34-14)26(30)27-2)25(29)28-23-20-12-32-13-21(20)23/h4-6,9-11,14,20-23H,7-8,12-13H2,1-3H3,(H,27,30)(H,28,29)/t14-,20-,21+,22+,23?/m0/s1. The summed E-state index contributed by atoms with van der Waals surface area (Å²) in [6.07, 6.45) is -0.217. The molecular formula is C26H30N2O6. The van der Waals surface area contributed by atoms with Crippen LogP contribution in [0.25, 0.3) is 0 Å². The van der Waals surface area contributed by atoms with E-state index in [0.29, 0.717) is 55.1 Å². The van der Waals surface area contributed by atoms with Crippen LogP contribution in [-0.4, -0.2) is 64.5 Å². The molecule has 2 amide bonds. The first-order valence-electron chi connectivity index (χ1n) is 11.7. The van der Waals surface area contributed by atoms with Gasteiger partial charge in [0.1, 0.15) is 24.2 Å². The molecule has 2 fully saturated rings. The molecule has 1 saturated heterocycles. The van der Waals surface area contributed by atoms with E-state index in [0.717, 1.165) is 16.9 Å². The average molecular weight is 467 g/mol. The Labute approximate surface area is 198 Å². The van der Waals surface area contributed by atoms with Crippen LogP contribution in [0.15, 0.2) is 36.4 Å². The molecule has 2 N–H and O–H groups in total. The summed E-state index contributed by atoms with van der Waals surface area (Å²) < 4.78 is 22.5. The predicted octanol–water partition coefficient (Wildman–Crippen LogP) is 2.36. The van der Waals surface area contributed by atoms with Gasteiger partial charge in [0.15, 0.2) is 0 Å². The maximum absolute atomic E-state index is 13.2. The highest BCUT2D eigenvalue weighted by molar-refractivity contribution is 6.02. The molecule has 2 aromatic carbocycles. The molecule has 0 aromatic heterocycles. The molecule has 1 saturated carbocycles. The molecule has 2 aromatic rings. The quantitative estimate of drug-likeness (QED) is 0.580. The summed E-state index contributed by atoms with van der Waals surface area (Å²) >= 11 is 0. The van der Waals surface area contributed by atoms with Gasteiger partial charge in [0, 0.05) is 49.1 Å². The lowest BCUT2D eigenvalue weighted by Gasteiger charge is -2.17. The molecule has 1 aliphatic carbocycles. The fraction of sp³-hybridized carbons (Fsp3) is 0.462. The molecule has 180 valence electrons. The number of benzene rings is 2. The molecular weight excluding hydrogens is 436 g/mol. The number of carbonyl (C=O) groups excluding carboxylic acids is 2. The molecule has 5 rings (SSSR count). The van der Waals surface area contributed by atoms with E-state index >= 15 is 0 Å². The highest BCUT2D eigenvalue weighted by Gasteiger charge is 2.54. The molecule has 5 atom stereocenters. The third-order valence-electron chi connectivity index (χ3n) is 6.98. The van der Waals surface area contributed by atoms with Crippen LogP contribution in [0.4, 0.5) is 0 Å². The second kappa shape index (κ2) is 9.27. The van der Waals surface area contributed by atoms with Crippen LogP contribution < -0.4 is 20.1 Å². The zero-order valence-corrected chi connectivity index (χ0v) is 19.6. The summed E-state index contributed by atoms with van der Waals surface area (Å²) in [6, 6.07) is 11.5. The lowest BCUT2D eigenvalue weighted by Crippen LogP contribution is -2.30. The average Bonchev–Trinajstić information content (AvgIpc) is 3.15. The van der Waals surface area contributed by atoms with Crippen molar-refractivity contribution >= 4 is 11.8 Å². The normalized spacial score (nSPS) is 26.3. The van der Waals surface area contributed by atoms with Crippen molar-refractivity contribution in [3.8, 4) is 11.5 Å². The summed E-state index contributed by atoms with van der Waals surface area (Å²) in [5.41, 5.74) is 2.65. The molecule has 1 unspecified atom stereocenters. The minimum absolute atomic E-state index is 0.143. The minimum Gasteiger partial charge on any atom is -0.491 e. The van der Waals surface area contributed by atoms with Gasteiger partial charge in [-0.15, -0.1) is 0 Å². The number of ether oxygens (including phenoxy) is 4. The lowest BCUT2D eigenvalue weighted by molar-refractivity contribution is 0.0928. The van der Waals surface area contributed by atoms with E-state index in [1.54, 1.807) is 20.2 Å². The molecule has 2 aliphatic heterocycles. The van der Waals surface area contributed by atoms with Crippen molar-refractivity contribution in [1.29, 1.82) is 0 Å². The molecule has 34 heavy (non-hydrogen) atoms. The number of fused-ring (bicyclic) bond motifs is 2. The first kappa shape index (κ1) is 22.7.